The summed E-state index contributed by atoms with van der Waals surface area (Å²) in [7, 11) is 1.76. The van der Waals surface area contributed by atoms with E-state index in [9.17, 15) is 9.90 Å². The minimum atomic E-state index is -0.688. The molecule has 1 aliphatic rings. The Kier molecular flexibility index (Phi) is 5.82. The highest BCUT2D eigenvalue weighted by atomic mass is 32.2. The van der Waals surface area contributed by atoms with Crippen molar-refractivity contribution >= 4 is 17.7 Å². The van der Waals surface area contributed by atoms with E-state index in [2.05, 4.69) is 12.1 Å². The number of thioether (sulfide) groups is 1. The summed E-state index contributed by atoms with van der Waals surface area (Å²) in [5, 5.41) is 11.3. The summed E-state index contributed by atoms with van der Waals surface area (Å²) in [6.45, 7) is 1.88. The number of hydrogen-bond donors (Lipinski definition) is 1. The third kappa shape index (κ3) is 4.86. The van der Waals surface area contributed by atoms with Gasteiger partial charge in [0.25, 0.3) is 0 Å². The van der Waals surface area contributed by atoms with Crippen LogP contribution < -0.4 is 0 Å². The van der Waals surface area contributed by atoms with Crippen LogP contribution in [0.1, 0.15) is 37.0 Å². The summed E-state index contributed by atoms with van der Waals surface area (Å²) in [5.74, 6) is 0.0186. The molecule has 0 spiro atoms. The van der Waals surface area contributed by atoms with Crippen molar-refractivity contribution in [2.75, 3.05) is 7.05 Å². The molecular weight excluding hydrogens is 330 g/mol. The molecule has 0 aliphatic heterocycles. The molecule has 2 atom stereocenters. The molecule has 0 saturated heterocycles. The normalized spacial score (nSPS) is 16.3. The minimum Gasteiger partial charge on any atom is -0.386 e. The predicted octanol–water partition coefficient (Wildman–Crippen LogP) is 4.06. The Bertz CT molecular complexity index is 698. The summed E-state index contributed by atoms with van der Waals surface area (Å²) in [6, 6.07) is 17.5. The molecule has 2 aromatic rings. The second kappa shape index (κ2) is 8.07. The van der Waals surface area contributed by atoms with E-state index in [1.54, 1.807) is 11.9 Å². The molecule has 1 N–H and O–H groups in total. The topological polar surface area (TPSA) is 40.5 Å². The largest absolute Gasteiger partial charge is 0.386 e. The van der Waals surface area contributed by atoms with Crippen molar-refractivity contribution in [3.05, 3.63) is 65.7 Å². The summed E-state index contributed by atoms with van der Waals surface area (Å²) < 4.78 is 0. The van der Waals surface area contributed by atoms with Gasteiger partial charge in [0.1, 0.15) is 0 Å². The first-order valence-corrected chi connectivity index (χ1v) is 9.67. The molecule has 1 saturated carbocycles. The smallest absolute Gasteiger partial charge is 0.227 e. The van der Waals surface area contributed by atoms with Gasteiger partial charge in [-0.05, 0) is 43.0 Å². The average Bonchev–Trinajstić information content (AvgIpc) is 3.46. The van der Waals surface area contributed by atoms with Gasteiger partial charge in [0, 0.05) is 17.2 Å². The first kappa shape index (κ1) is 18.0. The van der Waals surface area contributed by atoms with Gasteiger partial charge in [-0.2, -0.15) is 0 Å². The molecule has 25 heavy (non-hydrogen) atoms. The van der Waals surface area contributed by atoms with E-state index in [0.29, 0.717) is 6.42 Å². The summed E-state index contributed by atoms with van der Waals surface area (Å²) in [6.07, 6.45) is 2.30. The van der Waals surface area contributed by atoms with Gasteiger partial charge in [0.15, 0.2) is 0 Å². The van der Waals surface area contributed by atoms with Crippen molar-refractivity contribution in [2.24, 2.45) is 0 Å². The Labute approximate surface area is 154 Å². The molecule has 0 radical (unpaired) electrons. The van der Waals surface area contributed by atoms with Gasteiger partial charge in [0.2, 0.25) is 5.91 Å². The molecule has 1 aliphatic carbocycles. The van der Waals surface area contributed by atoms with Crippen LogP contribution in [0.4, 0.5) is 0 Å². The molecule has 0 bridgehead atoms. The number of carbonyl (C=O) groups is 1. The van der Waals surface area contributed by atoms with E-state index in [0.717, 1.165) is 16.4 Å². The standard InChI is InChI=1S/C21H25NO2S/c1-15(21(24)17-6-4-3-5-7-17)22(2)20(23)14-16-8-10-18(11-9-16)25-19-12-13-19/h3-11,15,19,21,24H,12-14H2,1-2H3/t15-,21+/m1/s1. The van der Waals surface area contributed by atoms with Crippen molar-refractivity contribution < 1.29 is 9.90 Å². The van der Waals surface area contributed by atoms with E-state index in [1.807, 2.05) is 61.2 Å². The molecule has 1 amide bonds. The van der Waals surface area contributed by atoms with E-state index >= 15 is 0 Å². The Balaban J connectivity index is 1.57. The zero-order valence-electron chi connectivity index (χ0n) is 14.8. The number of aliphatic hydroxyl groups excluding tert-OH is 1. The van der Waals surface area contributed by atoms with E-state index in [1.165, 1.54) is 17.7 Å². The van der Waals surface area contributed by atoms with Crippen molar-refractivity contribution in [1.29, 1.82) is 0 Å². The van der Waals surface area contributed by atoms with Gasteiger partial charge in [0.05, 0.1) is 18.6 Å². The van der Waals surface area contributed by atoms with Crippen LogP contribution in [0, 0.1) is 0 Å². The lowest BCUT2D eigenvalue weighted by Crippen LogP contribution is -2.39. The number of likely N-dealkylation sites (N-methyl/N-ethyl adjacent to an activating group) is 1. The van der Waals surface area contributed by atoms with Crippen molar-refractivity contribution in [1.82, 2.24) is 4.90 Å². The van der Waals surface area contributed by atoms with Crippen LogP contribution in [-0.2, 0) is 11.2 Å². The molecule has 3 rings (SSSR count). The second-order valence-corrected chi connectivity index (χ2v) is 8.11. The molecule has 4 heteroatoms. The molecule has 2 aromatic carbocycles. The van der Waals surface area contributed by atoms with Crippen LogP contribution in [0.25, 0.3) is 0 Å². The van der Waals surface area contributed by atoms with Gasteiger partial charge >= 0.3 is 0 Å². The van der Waals surface area contributed by atoms with E-state index in [4.69, 9.17) is 0 Å². The second-order valence-electron chi connectivity index (χ2n) is 6.74. The zero-order valence-corrected chi connectivity index (χ0v) is 15.6. The van der Waals surface area contributed by atoms with Crippen molar-refractivity contribution in [3.63, 3.8) is 0 Å². The number of carbonyl (C=O) groups excluding carboxylic acids is 1. The Morgan fingerprint density at radius 1 is 1.16 bits per heavy atom. The SMILES string of the molecule is C[C@H]([C@H](O)c1ccccc1)N(C)C(=O)Cc1ccc(SC2CC2)cc1. The average molecular weight is 356 g/mol. The van der Waals surface area contributed by atoms with Gasteiger partial charge in [-0.25, -0.2) is 0 Å². The maximum Gasteiger partial charge on any atom is 0.227 e. The lowest BCUT2D eigenvalue weighted by molar-refractivity contribution is -0.133. The number of amides is 1. The van der Waals surface area contributed by atoms with Crippen LogP contribution in [0.15, 0.2) is 59.5 Å². The quantitative estimate of drug-likeness (QED) is 0.814. The highest BCUT2D eigenvalue weighted by Crippen LogP contribution is 2.39. The maximum atomic E-state index is 12.6. The Morgan fingerprint density at radius 2 is 1.80 bits per heavy atom. The molecular formula is C21H25NO2S. The molecule has 0 unspecified atom stereocenters. The van der Waals surface area contributed by atoms with Gasteiger partial charge < -0.3 is 10.0 Å². The fraction of sp³-hybridized carbons (Fsp3) is 0.381. The van der Waals surface area contributed by atoms with Crippen molar-refractivity contribution in [3.8, 4) is 0 Å². The maximum absolute atomic E-state index is 12.6. The Morgan fingerprint density at radius 3 is 2.40 bits per heavy atom. The van der Waals surface area contributed by atoms with E-state index in [-0.39, 0.29) is 11.9 Å². The van der Waals surface area contributed by atoms with Gasteiger partial charge in [-0.3, -0.25) is 4.79 Å². The molecule has 1 fully saturated rings. The molecule has 3 nitrogen and oxygen atoms in total. The van der Waals surface area contributed by atoms with Crippen LogP contribution in [0.5, 0.6) is 0 Å². The zero-order chi connectivity index (χ0) is 17.8. The lowest BCUT2D eigenvalue weighted by atomic mass is 10.0. The van der Waals surface area contributed by atoms with Gasteiger partial charge in [-0.1, -0.05) is 42.5 Å². The Hall–Kier alpha value is -1.78. The van der Waals surface area contributed by atoms with Crippen LogP contribution in [0.2, 0.25) is 0 Å². The van der Waals surface area contributed by atoms with Crippen LogP contribution >= 0.6 is 11.8 Å². The first-order valence-electron chi connectivity index (χ1n) is 8.79. The number of rotatable bonds is 7. The van der Waals surface area contributed by atoms with Crippen LogP contribution in [-0.4, -0.2) is 34.3 Å². The fourth-order valence-electron chi connectivity index (χ4n) is 2.73. The lowest BCUT2D eigenvalue weighted by Gasteiger charge is -2.29. The molecule has 132 valence electrons. The van der Waals surface area contributed by atoms with Crippen LogP contribution in [0.3, 0.4) is 0 Å². The third-order valence-electron chi connectivity index (χ3n) is 4.71. The van der Waals surface area contributed by atoms with E-state index < -0.39 is 6.10 Å². The number of aliphatic hydroxyl groups is 1. The summed E-state index contributed by atoms with van der Waals surface area (Å²) in [5.41, 5.74) is 1.84. The summed E-state index contributed by atoms with van der Waals surface area (Å²) in [4.78, 5) is 15.5. The first-order chi connectivity index (χ1) is 12.0. The number of nitrogens with zero attached hydrogens (tertiary/aromatic N) is 1. The van der Waals surface area contributed by atoms with Crippen molar-refractivity contribution in [2.45, 2.75) is 48.5 Å². The minimum absolute atomic E-state index is 0.0186. The highest BCUT2D eigenvalue weighted by Gasteiger charge is 2.24. The summed E-state index contributed by atoms with van der Waals surface area (Å²) >= 11 is 1.92. The monoisotopic (exact) mass is 355 g/mol. The fourth-order valence-corrected chi connectivity index (χ4v) is 3.78. The highest BCUT2D eigenvalue weighted by molar-refractivity contribution is 8.00. The molecule has 0 heterocycles. The van der Waals surface area contributed by atoms with Gasteiger partial charge in [-0.15, -0.1) is 11.8 Å². The number of hydrogen-bond acceptors (Lipinski definition) is 3. The molecule has 0 aromatic heterocycles. The number of benzene rings is 2. The predicted molar refractivity (Wildman–Crippen MR) is 103 cm³/mol. The third-order valence-corrected chi connectivity index (χ3v) is 6.06.